The van der Waals surface area contributed by atoms with Gasteiger partial charge in [-0.1, -0.05) is 17.7 Å². The third-order valence-electron chi connectivity index (χ3n) is 2.13. The van der Waals surface area contributed by atoms with E-state index in [1.165, 1.54) is 0 Å². The molecule has 0 aliphatic heterocycles. The Morgan fingerprint density at radius 2 is 2.06 bits per heavy atom. The third-order valence-corrected chi connectivity index (χ3v) is 2.56. The average molecular weight is 243 g/mol. The molecule has 3 N–H and O–H groups in total. The van der Waals surface area contributed by atoms with Crippen LogP contribution in [0.1, 0.15) is 22.3 Å². The van der Waals surface area contributed by atoms with E-state index >= 15 is 0 Å². The molecule has 0 aliphatic rings. The van der Waals surface area contributed by atoms with Gasteiger partial charge in [0.25, 0.3) is 0 Å². The van der Waals surface area contributed by atoms with Gasteiger partial charge in [-0.25, -0.2) is 4.79 Å². The van der Waals surface area contributed by atoms with Crippen LogP contribution in [0.3, 0.4) is 0 Å². The first kappa shape index (κ1) is 12.4. The maximum Gasteiger partial charge on any atom is 0.339 e. The van der Waals surface area contributed by atoms with E-state index in [0.29, 0.717) is 12.8 Å². The number of aromatic hydroxyl groups is 2. The molecule has 0 aromatic heterocycles. The molecule has 0 fully saturated rings. The molecule has 1 rings (SSSR count). The Balaban J connectivity index is 3.38. The summed E-state index contributed by atoms with van der Waals surface area (Å²) in [6.07, 6.45) is 2.40. The monoisotopic (exact) mass is 242 g/mol. The van der Waals surface area contributed by atoms with Crippen molar-refractivity contribution in [2.75, 3.05) is 0 Å². The summed E-state index contributed by atoms with van der Waals surface area (Å²) in [5.74, 6) is -2.10. The predicted molar refractivity (Wildman–Crippen MR) is 60.3 cm³/mol. The van der Waals surface area contributed by atoms with Crippen LogP contribution in [0.5, 0.6) is 11.5 Å². The average Bonchev–Trinajstić information content (AvgIpc) is 2.20. The van der Waals surface area contributed by atoms with Crippen molar-refractivity contribution in [1.29, 1.82) is 0 Å². The molecule has 16 heavy (non-hydrogen) atoms. The minimum atomic E-state index is -1.28. The van der Waals surface area contributed by atoms with Gasteiger partial charge in [-0.3, -0.25) is 0 Å². The van der Waals surface area contributed by atoms with Gasteiger partial charge in [0.2, 0.25) is 0 Å². The number of hydrogen-bond donors (Lipinski definition) is 3. The van der Waals surface area contributed by atoms with E-state index < -0.39 is 11.7 Å². The molecular formula is C11H11ClO4. The molecular weight excluding hydrogens is 232 g/mol. The number of carbonyl (C=O) groups is 1. The quantitative estimate of drug-likeness (QED) is 0.709. The second-order valence-corrected chi connectivity index (χ2v) is 3.59. The Labute approximate surface area is 97.4 Å². The van der Waals surface area contributed by atoms with Crippen molar-refractivity contribution in [2.45, 2.75) is 12.8 Å². The number of hydrogen-bond acceptors (Lipinski definition) is 3. The number of aromatic carboxylic acids is 1. The first-order chi connectivity index (χ1) is 7.49. The Morgan fingerprint density at radius 1 is 1.44 bits per heavy atom. The van der Waals surface area contributed by atoms with E-state index in [4.69, 9.17) is 16.7 Å². The summed E-state index contributed by atoms with van der Waals surface area (Å²) >= 11 is 5.79. The Morgan fingerprint density at radius 3 is 2.56 bits per heavy atom. The maximum atomic E-state index is 10.9. The molecule has 1 aromatic carbocycles. The fourth-order valence-corrected chi connectivity index (χ4v) is 1.65. The highest BCUT2D eigenvalue weighted by atomic mass is 35.5. The minimum absolute atomic E-state index is 0.0444. The van der Waals surface area contributed by atoms with Gasteiger partial charge in [-0.2, -0.15) is 0 Å². The minimum Gasteiger partial charge on any atom is -0.507 e. The lowest BCUT2D eigenvalue weighted by atomic mass is 10.0. The van der Waals surface area contributed by atoms with E-state index in [2.05, 4.69) is 6.58 Å². The van der Waals surface area contributed by atoms with E-state index in [9.17, 15) is 15.0 Å². The predicted octanol–water partition coefficient (Wildman–Crippen LogP) is 2.57. The van der Waals surface area contributed by atoms with Gasteiger partial charge >= 0.3 is 5.97 Å². The van der Waals surface area contributed by atoms with Crippen LogP contribution in [0, 0.1) is 0 Å². The second-order valence-electron chi connectivity index (χ2n) is 3.21. The number of carboxylic acids is 1. The zero-order valence-corrected chi connectivity index (χ0v) is 9.16. The van der Waals surface area contributed by atoms with Crippen LogP contribution < -0.4 is 0 Å². The van der Waals surface area contributed by atoms with Gasteiger partial charge in [0, 0.05) is 6.07 Å². The summed E-state index contributed by atoms with van der Waals surface area (Å²) in [4.78, 5) is 10.9. The fraction of sp³-hybridized carbons (Fsp3) is 0.182. The van der Waals surface area contributed by atoms with Crippen molar-refractivity contribution in [3.63, 3.8) is 0 Å². The number of allylic oxidation sites excluding steroid dienone is 1. The zero-order valence-electron chi connectivity index (χ0n) is 8.40. The molecule has 0 atom stereocenters. The summed E-state index contributed by atoms with van der Waals surface area (Å²) in [6, 6.07) is 0.920. The van der Waals surface area contributed by atoms with Crippen LogP contribution in [0.15, 0.2) is 18.7 Å². The second kappa shape index (κ2) is 4.90. The lowest BCUT2D eigenvalue weighted by molar-refractivity contribution is 0.0692. The number of carboxylic acid groups (broad SMARTS) is 1. The summed E-state index contributed by atoms with van der Waals surface area (Å²) in [6.45, 7) is 3.51. The van der Waals surface area contributed by atoms with Crippen LogP contribution in [0.4, 0.5) is 0 Å². The fourth-order valence-electron chi connectivity index (χ4n) is 1.40. The summed E-state index contributed by atoms with van der Waals surface area (Å²) in [7, 11) is 0. The van der Waals surface area contributed by atoms with Gasteiger partial charge in [-0.15, -0.1) is 6.58 Å². The number of rotatable bonds is 4. The number of phenols is 2. The molecule has 0 saturated heterocycles. The molecule has 0 heterocycles. The lowest BCUT2D eigenvalue weighted by Gasteiger charge is -2.10. The van der Waals surface area contributed by atoms with Gasteiger partial charge in [-0.05, 0) is 18.4 Å². The number of benzene rings is 1. The molecule has 0 bridgehead atoms. The highest BCUT2D eigenvalue weighted by Gasteiger charge is 2.20. The Hall–Kier alpha value is -1.68. The van der Waals surface area contributed by atoms with Crippen molar-refractivity contribution < 1.29 is 20.1 Å². The van der Waals surface area contributed by atoms with Crippen molar-refractivity contribution in [3.05, 3.63) is 34.9 Å². The van der Waals surface area contributed by atoms with Gasteiger partial charge in [0.15, 0.2) is 0 Å². The first-order valence-electron chi connectivity index (χ1n) is 4.56. The van der Waals surface area contributed by atoms with Crippen LogP contribution in [-0.4, -0.2) is 21.3 Å². The molecule has 0 saturated carbocycles. The van der Waals surface area contributed by atoms with Gasteiger partial charge in [0.05, 0.1) is 5.02 Å². The van der Waals surface area contributed by atoms with Gasteiger partial charge in [0.1, 0.15) is 17.1 Å². The molecule has 1 aromatic rings. The van der Waals surface area contributed by atoms with E-state index in [0.717, 1.165) is 6.07 Å². The van der Waals surface area contributed by atoms with Crippen molar-refractivity contribution in [1.82, 2.24) is 0 Å². The smallest absolute Gasteiger partial charge is 0.339 e. The normalized spacial score (nSPS) is 10.1. The van der Waals surface area contributed by atoms with Crippen LogP contribution >= 0.6 is 11.6 Å². The van der Waals surface area contributed by atoms with Crippen molar-refractivity contribution in [2.24, 2.45) is 0 Å². The molecule has 0 amide bonds. The van der Waals surface area contributed by atoms with Gasteiger partial charge < -0.3 is 15.3 Å². The standard InChI is InChI=1S/C11H11ClO4/c1-2-3-4-6-9(11(15)16)7(13)5-8(14)10(6)12/h2,5,13-14H,1,3-4H2,(H,15,16). The van der Waals surface area contributed by atoms with Crippen LogP contribution in [-0.2, 0) is 6.42 Å². The third kappa shape index (κ3) is 2.28. The van der Waals surface area contributed by atoms with Crippen LogP contribution in [0.25, 0.3) is 0 Å². The van der Waals surface area contributed by atoms with Crippen LogP contribution in [0.2, 0.25) is 5.02 Å². The van der Waals surface area contributed by atoms with E-state index in [1.807, 2.05) is 0 Å². The Bertz CT molecular complexity index is 440. The number of halogens is 1. The molecule has 0 spiro atoms. The largest absolute Gasteiger partial charge is 0.507 e. The maximum absolute atomic E-state index is 10.9. The molecule has 0 unspecified atom stereocenters. The molecule has 4 nitrogen and oxygen atoms in total. The lowest BCUT2D eigenvalue weighted by Crippen LogP contribution is -2.04. The zero-order chi connectivity index (χ0) is 12.3. The molecule has 0 aliphatic carbocycles. The van der Waals surface area contributed by atoms with Crippen molar-refractivity contribution in [3.8, 4) is 11.5 Å². The Kier molecular flexibility index (Phi) is 3.79. The first-order valence-corrected chi connectivity index (χ1v) is 4.94. The molecule has 86 valence electrons. The summed E-state index contributed by atoms with van der Waals surface area (Å²) in [5, 5.41) is 27.7. The molecule has 5 heteroatoms. The number of phenolic OH excluding ortho intramolecular Hbond substituents is 1. The van der Waals surface area contributed by atoms with Crippen molar-refractivity contribution >= 4 is 17.6 Å². The highest BCUT2D eigenvalue weighted by Crippen LogP contribution is 2.36. The van der Waals surface area contributed by atoms with E-state index in [-0.39, 0.29) is 21.9 Å². The summed E-state index contributed by atoms with van der Waals surface area (Å²) in [5.41, 5.74) is -0.0591. The topological polar surface area (TPSA) is 77.8 Å². The van der Waals surface area contributed by atoms with E-state index in [1.54, 1.807) is 6.08 Å². The summed E-state index contributed by atoms with van der Waals surface area (Å²) < 4.78 is 0. The highest BCUT2D eigenvalue weighted by molar-refractivity contribution is 6.33. The SMILES string of the molecule is C=CCCc1c(Cl)c(O)cc(O)c1C(=O)O. The molecule has 0 radical (unpaired) electrons.